The van der Waals surface area contributed by atoms with Gasteiger partial charge in [0.05, 0.1) is 17.4 Å². The van der Waals surface area contributed by atoms with Crippen LogP contribution in [0.5, 0.6) is 5.75 Å². The van der Waals surface area contributed by atoms with E-state index in [1.54, 1.807) is 31.3 Å². The van der Waals surface area contributed by atoms with Crippen LogP contribution < -0.4 is 15.8 Å². The van der Waals surface area contributed by atoms with Gasteiger partial charge in [0.1, 0.15) is 28.7 Å². The summed E-state index contributed by atoms with van der Waals surface area (Å²) in [4.78, 5) is 28.6. The van der Waals surface area contributed by atoms with E-state index in [-0.39, 0.29) is 22.5 Å². The number of H-pyrrole nitrogens is 1. The molecule has 5 rings (SSSR count). The second-order valence-corrected chi connectivity index (χ2v) is 8.96. The Bertz CT molecular complexity index is 1470. The quantitative estimate of drug-likeness (QED) is 0.192. The molecule has 3 aromatic rings. The molecule has 38 heavy (non-hydrogen) atoms. The molecule has 1 aromatic carbocycles. The van der Waals surface area contributed by atoms with Gasteiger partial charge in [-0.15, -0.1) is 0 Å². The minimum atomic E-state index is -4.59. The molecule has 2 aromatic heterocycles. The molecular formula is C25H24F3N7O3. The summed E-state index contributed by atoms with van der Waals surface area (Å²) in [5.74, 6) is 0.346. The Hall–Kier alpha value is -4.55. The van der Waals surface area contributed by atoms with Gasteiger partial charge in [-0.05, 0) is 30.7 Å². The molecule has 13 heteroatoms. The first-order valence-electron chi connectivity index (χ1n) is 11.7. The Kier molecular flexibility index (Phi) is 6.21. The Morgan fingerprint density at radius 3 is 2.82 bits per heavy atom. The van der Waals surface area contributed by atoms with Crippen LogP contribution in [0.25, 0.3) is 11.0 Å². The van der Waals surface area contributed by atoms with Gasteiger partial charge in [0.25, 0.3) is 0 Å². The minimum Gasteiger partial charge on any atom is -0.458 e. The van der Waals surface area contributed by atoms with Gasteiger partial charge in [0.2, 0.25) is 5.82 Å². The van der Waals surface area contributed by atoms with E-state index in [1.165, 1.54) is 6.07 Å². The minimum absolute atomic E-state index is 0.122. The Labute approximate surface area is 215 Å². The van der Waals surface area contributed by atoms with E-state index in [0.717, 1.165) is 11.9 Å². The van der Waals surface area contributed by atoms with Crippen molar-refractivity contribution in [2.75, 3.05) is 18.4 Å². The first kappa shape index (κ1) is 25.1. The monoisotopic (exact) mass is 527 g/mol. The maximum atomic E-state index is 13.1. The third-order valence-corrected chi connectivity index (χ3v) is 6.48. The number of alkyl halides is 3. The van der Waals surface area contributed by atoms with Crippen molar-refractivity contribution in [3.8, 4) is 5.75 Å². The standard InChI is InChI=1S/C25H24F3N7O3/c1-14-10-16(12-18-20(14)33-22(32-18)25(26,27)28)37-15(2)11-19(31-13-29)35-8-5-24(6-9-35)17-4-3-7-30-21(17)34-23(36)38-24/h3-4,7,10-13H,2,5-6,8-9H2,1H3,(H2,29,31)(H,32,33)(H,30,34,36)/b19-11+. The third-order valence-electron chi connectivity index (χ3n) is 6.48. The molecule has 2 aliphatic rings. The van der Waals surface area contributed by atoms with E-state index < -0.39 is 23.7 Å². The SMILES string of the molecule is C=C(/C=C(\N=C/N)N1CCC2(CC1)OC(=O)Nc1ncccc12)Oc1cc(C)c2[nH]c(C(F)(F)F)nc2c1. The van der Waals surface area contributed by atoms with Crippen LogP contribution in [0.1, 0.15) is 29.8 Å². The number of carbonyl (C=O) groups is 1. The number of ether oxygens (including phenoxy) is 2. The Balaban J connectivity index is 1.33. The molecule has 2 aliphatic heterocycles. The number of anilines is 1. The van der Waals surface area contributed by atoms with Crippen LogP contribution >= 0.6 is 0 Å². The molecule has 1 spiro atoms. The summed E-state index contributed by atoms with van der Waals surface area (Å²) in [6, 6.07) is 6.68. The average Bonchev–Trinajstić information content (AvgIpc) is 3.30. The maximum absolute atomic E-state index is 13.1. The van der Waals surface area contributed by atoms with Crippen molar-refractivity contribution < 1.29 is 27.4 Å². The number of nitrogens with zero attached hydrogens (tertiary/aromatic N) is 4. The normalized spacial score (nSPS) is 17.4. The Morgan fingerprint density at radius 2 is 2.11 bits per heavy atom. The average molecular weight is 528 g/mol. The smallest absolute Gasteiger partial charge is 0.449 e. The van der Waals surface area contributed by atoms with Crippen LogP contribution in [0, 0.1) is 6.92 Å². The highest BCUT2D eigenvalue weighted by molar-refractivity contribution is 5.87. The number of fused-ring (bicyclic) bond motifs is 3. The molecule has 4 N–H and O–H groups in total. The van der Waals surface area contributed by atoms with E-state index in [0.29, 0.717) is 43.1 Å². The number of aromatic amines is 1. The topological polar surface area (TPSA) is 131 Å². The van der Waals surface area contributed by atoms with Gasteiger partial charge in [0.15, 0.2) is 0 Å². The number of amides is 1. The molecule has 0 radical (unpaired) electrons. The maximum Gasteiger partial charge on any atom is 0.449 e. The number of likely N-dealkylation sites (tertiary alicyclic amines) is 1. The van der Waals surface area contributed by atoms with E-state index in [2.05, 4.69) is 31.8 Å². The highest BCUT2D eigenvalue weighted by Gasteiger charge is 2.45. The van der Waals surface area contributed by atoms with E-state index in [4.69, 9.17) is 15.2 Å². The van der Waals surface area contributed by atoms with Gasteiger partial charge in [-0.2, -0.15) is 13.2 Å². The zero-order chi connectivity index (χ0) is 27.1. The number of nitrogens with two attached hydrogens (primary N) is 1. The van der Waals surface area contributed by atoms with Gasteiger partial charge in [0, 0.05) is 49.8 Å². The summed E-state index contributed by atoms with van der Waals surface area (Å²) in [6.45, 7) is 6.53. The van der Waals surface area contributed by atoms with Gasteiger partial charge < -0.3 is 25.1 Å². The van der Waals surface area contributed by atoms with Crippen molar-refractivity contribution in [1.82, 2.24) is 19.9 Å². The second kappa shape index (κ2) is 9.39. The van der Waals surface area contributed by atoms with Crippen LogP contribution in [0.15, 0.2) is 59.7 Å². The summed E-state index contributed by atoms with van der Waals surface area (Å²) < 4.78 is 50.7. The van der Waals surface area contributed by atoms with E-state index in [9.17, 15) is 18.0 Å². The van der Waals surface area contributed by atoms with Crippen molar-refractivity contribution in [2.45, 2.75) is 31.5 Å². The lowest BCUT2D eigenvalue weighted by molar-refractivity contribution is -0.144. The lowest BCUT2D eigenvalue weighted by atomic mass is 9.83. The largest absolute Gasteiger partial charge is 0.458 e. The van der Waals surface area contributed by atoms with Gasteiger partial charge in [-0.3, -0.25) is 5.32 Å². The molecule has 4 heterocycles. The number of aliphatic imine (C=N–C) groups is 1. The zero-order valence-corrected chi connectivity index (χ0v) is 20.3. The number of carbonyl (C=O) groups excluding carboxylic acids is 1. The molecule has 1 saturated heterocycles. The Morgan fingerprint density at radius 1 is 1.34 bits per heavy atom. The van der Waals surface area contributed by atoms with Crippen molar-refractivity contribution in [3.05, 3.63) is 71.6 Å². The van der Waals surface area contributed by atoms with Crippen molar-refractivity contribution in [3.63, 3.8) is 0 Å². The first-order valence-corrected chi connectivity index (χ1v) is 11.7. The number of piperidine rings is 1. The lowest BCUT2D eigenvalue weighted by Crippen LogP contribution is -2.48. The van der Waals surface area contributed by atoms with Crippen LogP contribution in [0.4, 0.5) is 23.8 Å². The van der Waals surface area contributed by atoms with Gasteiger partial charge >= 0.3 is 12.3 Å². The molecule has 1 amide bonds. The van der Waals surface area contributed by atoms with Crippen molar-refractivity contribution in [1.29, 1.82) is 0 Å². The van der Waals surface area contributed by atoms with Crippen LogP contribution in [-0.2, 0) is 16.5 Å². The number of imidazole rings is 1. The van der Waals surface area contributed by atoms with Crippen LogP contribution in [0.2, 0.25) is 0 Å². The molecule has 0 saturated carbocycles. The molecule has 0 atom stereocenters. The number of allylic oxidation sites excluding steroid dienone is 1. The molecule has 1 fully saturated rings. The summed E-state index contributed by atoms with van der Waals surface area (Å²) in [6.07, 6.45) is 0.166. The molecule has 10 nitrogen and oxygen atoms in total. The lowest BCUT2D eigenvalue weighted by Gasteiger charge is -2.44. The van der Waals surface area contributed by atoms with E-state index in [1.807, 2.05) is 11.0 Å². The summed E-state index contributed by atoms with van der Waals surface area (Å²) in [7, 11) is 0. The molecule has 198 valence electrons. The zero-order valence-electron chi connectivity index (χ0n) is 20.3. The highest BCUT2D eigenvalue weighted by atomic mass is 19.4. The number of hydrogen-bond acceptors (Lipinski definition) is 7. The predicted molar refractivity (Wildman–Crippen MR) is 133 cm³/mol. The predicted octanol–water partition coefficient (Wildman–Crippen LogP) is 4.56. The third kappa shape index (κ3) is 4.74. The van der Waals surface area contributed by atoms with Crippen LogP contribution in [0.3, 0.4) is 0 Å². The van der Waals surface area contributed by atoms with Crippen LogP contribution in [-0.4, -0.2) is 45.4 Å². The number of hydrogen-bond donors (Lipinski definition) is 3. The summed E-state index contributed by atoms with van der Waals surface area (Å²) >= 11 is 0. The summed E-state index contributed by atoms with van der Waals surface area (Å²) in [5, 5.41) is 2.63. The number of pyridine rings is 1. The highest BCUT2D eigenvalue weighted by Crippen LogP contribution is 2.43. The second-order valence-electron chi connectivity index (χ2n) is 8.96. The van der Waals surface area contributed by atoms with Gasteiger partial charge in [-0.25, -0.2) is 19.8 Å². The molecule has 0 aliphatic carbocycles. The first-order chi connectivity index (χ1) is 18.1. The molecule has 0 unspecified atom stereocenters. The fraction of sp³-hybridized carbons (Fsp3) is 0.280. The summed E-state index contributed by atoms with van der Waals surface area (Å²) in [5.41, 5.74) is 6.52. The fourth-order valence-electron chi connectivity index (χ4n) is 4.75. The number of aryl methyl sites for hydroxylation is 1. The number of rotatable bonds is 5. The number of nitrogens with one attached hydrogen (secondary N) is 2. The fourth-order valence-corrected chi connectivity index (χ4v) is 4.75. The molecule has 0 bridgehead atoms. The van der Waals surface area contributed by atoms with Gasteiger partial charge in [-0.1, -0.05) is 6.58 Å². The number of aromatic nitrogens is 3. The van der Waals surface area contributed by atoms with Crippen molar-refractivity contribution >= 4 is 29.3 Å². The number of halogens is 3. The van der Waals surface area contributed by atoms with Crippen molar-refractivity contribution in [2.24, 2.45) is 10.7 Å². The number of benzene rings is 1. The molecular weight excluding hydrogens is 503 g/mol. The van der Waals surface area contributed by atoms with E-state index >= 15 is 0 Å².